The molecule has 0 saturated heterocycles. The number of furan rings is 1. The molecule has 3 rings (SSSR count). The van der Waals surface area contributed by atoms with Crippen LogP contribution in [-0.4, -0.2) is 15.2 Å². The molecule has 106 valence electrons. The minimum absolute atomic E-state index is 0.415. The van der Waals surface area contributed by atoms with E-state index in [2.05, 4.69) is 25.8 Å². The van der Waals surface area contributed by atoms with Gasteiger partial charge in [-0.3, -0.25) is 0 Å². The Kier molecular flexibility index (Phi) is 3.97. The molecule has 2 aromatic heterocycles. The van der Waals surface area contributed by atoms with Crippen LogP contribution in [0.3, 0.4) is 0 Å². The molecular weight excluding hydrogens is 290 g/mol. The van der Waals surface area contributed by atoms with Crippen molar-refractivity contribution in [1.29, 1.82) is 0 Å². The summed E-state index contributed by atoms with van der Waals surface area (Å²) in [4.78, 5) is 4.32. The predicted octanol–water partition coefficient (Wildman–Crippen LogP) is 3.47. The van der Waals surface area contributed by atoms with Gasteiger partial charge in [-0.1, -0.05) is 17.7 Å². The standard InChI is InChI=1S/C14H12ClN5O/c15-10-3-1-4-11(7-10)18-13-9-17-20-14(19-13)16-8-12-5-2-6-21-12/h1-7,9H,8H2,(H2,16,18,19,20). The topological polar surface area (TPSA) is 75.9 Å². The highest BCUT2D eigenvalue weighted by Gasteiger charge is 2.02. The smallest absolute Gasteiger partial charge is 0.245 e. The van der Waals surface area contributed by atoms with Crippen molar-refractivity contribution in [2.24, 2.45) is 0 Å². The minimum Gasteiger partial charge on any atom is -0.467 e. The third-order valence-electron chi connectivity index (χ3n) is 2.66. The highest BCUT2D eigenvalue weighted by molar-refractivity contribution is 6.30. The Hall–Kier alpha value is -2.60. The van der Waals surface area contributed by atoms with E-state index < -0.39 is 0 Å². The maximum Gasteiger partial charge on any atom is 0.245 e. The van der Waals surface area contributed by atoms with Gasteiger partial charge in [-0.05, 0) is 30.3 Å². The molecular formula is C14H12ClN5O. The summed E-state index contributed by atoms with van der Waals surface area (Å²) < 4.78 is 5.23. The first-order chi connectivity index (χ1) is 10.3. The summed E-state index contributed by atoms with van der Waals surface area (Å²) in [6.07, 6.45) is 3.16. The fourth-order valence-corrected chi connectivity index (χ4v) is 1.92. The van der Waals surface area contributed by atoms with Gasteiger partial charge in [0.05, 0.1) is 19.0 Å². The lowest BCUT2D eigenvalue weighted by atomic mass is 10.3. The molecule has 0 saturated carbocycles. The number of benzene rings is 1. The van der Waals surface area contributed by atoms with Gasteiger partial charge in [-0.25, -0.2) is 0 Å². The molecule has 6 nitrogen and oxygen atoms in total. The summed E-state index contributed by atoms with van der Waals surface area (Å²) in [7, 11) is 0. The quantitative estimate of drug-likeness (QED) is 0.751. The lowest BCUT2D eigenvalue weighted by molar-refractivity contribution is 0.517. The second-order valence-electron chi connectivity index (χ2n) is 4.23. The van der Waals surface area contributed by atoms with Crippen LogP contribution in [0.4, 0.5) is 17.5 Å². The predicted molar refractivity (Wildman–Crippen MR) is 80.6 cm³/mol. The lowest BCUT2D eigenvalue weighted by Gasteiger charge is -2.07. The van der Waals surface area contributed by atoms with E-state index in [0.717, 1.165) is 11.4 Å². The van der Waals surface area contributed by atoms with Gasteiger partial charge in [0.25, 0.3) is 0 Å². The summed E-state index contributed by atoms with van der Waals surface area (Å²) >= 11 is 5.94. The second kappa shape index (κ2) is 6.23. The van der Waals surface area contributed by atoms with Crippen LogP contribution in [0.15, 0.2) is 53.3 Å². The normalized spacial score (nSPS) is 10.3. The minimum atomic E-state index is 0.415. The largest absolute Gasteiger partial charge is 0.467 e. The average molecular weight is 302 g/mol. The molecule has 2 heterocycles. The molecule has 0 aliphatic rings. The van der Waals surface area contributed by atoms with Gasteiger partial charge in [-0.15, -0.1) is 5.10 Å². The third kappa shape index (κ3) is 3.70. The zero-order valence-corrected chi connectivity index (χ0v) is 11.7. The highest BCUT2D eigenvalue weighted by Crippen LogP contribution is 2.18. The molecule has 7 heteroatoms. The number of nitrogens with one attached hydrogen (secondary N) is 2. The number of nitrogens with zero attached hydrogens (tertiary/aromatic N) is 3. The Balaban J connectivity index is 1.68. The molecule has 0 atom stereocenters. The molecule has 0 radical (unpaired) electrons. The molecule has 0 bridgehead atoms. The van der Waals surface area contributed by atoms with E-state index in [1.54, 1.807) is 24.6 Å². The van der Waals surface area contributed by atoms with Gasteiger partial charge < -0.3 is 15.1 Å². The van der Waals surface area contributed by atoms with Gasteiger partial charge in [-0.2, -0.15) is 10.1 Å². The van der Waals surface area contributed by atoms with E-state index in [9.17, 15) is 0 Å². The highest BCUT2D eigenvalue weighted by atomic mass is 35.5. The van der Waals surface area contributed by atoms with Gasteiger partial charge in [0.2, 0.25) is 5.95 Å². The van der Waals surface area contributed by atoms with Crippen molar-refractivity contribution in [3.8, 4) is 0 Å². The van der Waals surface area contributed by atoms with Gasteiger partial charge in [0.15, 0.2) is 5.82 Å². The summed E-state index contributed by atoms with van der Waals surface area (Å²) in [5.74, 6) is 1.79. The van der Waals surface area contributed by atoms with Gasteiger partial charge in [0, 0.05) is 10.7 Å². The van der Waals surface area contributed by atoms with Crippen molar-refractivity contribution in [1.82, 2.24) is 15.2 Å². The van der Waals surface area contributed by atoms with E-state index in [0.29, 0.717) is 23.3 Å². The van der Waals surface area contributed by atoms with Crippen LogP contribution < -0.4 is 10.6 Å². The van der Waals surface area contributed by atoms with Crippen molar-refractivity contribution in [2.75, 3.05) is 10.6 Å². The molecule has 0 aliphatic carbocycles. The van der Waals surface area contributed by atoms with Crippen molar-refractivity contribution in [2.45, 2.75) is 6.54 Å². The number of hydrogen-bond acceptors (Lipinski definition) is 6. The zero-order chi connectivity index (χ0) is 14.5. The average Bonchev–Trinajstić information content (AvgIpc) is 2.99. The van der Waals surface area contributed by atoms with Crippen LogP contribution in [-0.2, 0) is 6.54 Å². The molecule has 0 aliphatic heterocycles. The van der Waals surface area contributed by atoms with E-state index in [4.69, 9.17) is 16.0 Å². The van der Waals surface area contributed by atoms with Crippen LogP contribution in [0.5, 0.6) is 0 Å². The Bertz CT molecular complexity index is 717. The summed E-state index contributed by atoms with van der Waals surface area (Å²) in [6, 6.07) is 11.1. The van der Waals surface area contributed by atoms with E-state index in [-0.39, 0.29) is 0 Å². The molecule has 0 amide bonds. The first kappa shape index (κ1) is 13.4. The van der Waals surface area contributed by atoms with Crippen molar-refractivity contribution < 1.29 is 4.42 Å². The molecule has 3 aromatic rings. The van der Waals surface area contributed by atoms with Crippen LogP contribution in [0.25, 0.3) is 0 Å². The summed E-state index contributed by atoms with van der Waals surface area (Å²) in [6.45, 7) is 0.495. The number of halogens is 1. The van der Waals surface area contributed by atoms with Gasteiger partial charge in [0.1, 0.15) is 5.76 Å². The molecule has 0 spiro atoms. The summed E-state index contributed by atoms with van der Waals surface area (Å²) in [5, 5.41) is 14.6. The number of anilines is 3. The van der Waals surface area contributed by atoms with Crippen LogP contribution in [0, 0.1) is 0 Å². The molecule has 0 unspecified atom stereocenters. The number of rotatable bonds is 5. The van der Waals surface area contributed by atoms with E-state index in [1.807, 2.05) is 24.3 Å². The molecule has 2 N–H and O–H groups in total. The molecule has 0 fully saturated rings. The first-order valence-electron chi connectivity index (χ1n) is 6.28. The third-order valence-corrected chi connectivity index (χ3v) is 2.89. The van der Waals surface area contributed by atoms with E-state index in [1.165, 1.54) is 0 Å². The first-order valence-corrected chi connectivity index (χ1v) is 6.66. The van der Waals surface area contributed by atoms with Crippen LogP contribution in [0.2, 0.25) is 5.02 Å². The maximum atomic E-state index is 5.94. The number of aromatic nitrogens is 3. The Morgan fingerprint density at radius 3 is 2.95 bits per heavy atom. The fourth-order valence-electron chi connectivity index (χ4n) is 1.73. The Morgan fingerprint density at radius 1 is 1.19 bits per heavy atom. The van der Waals surface area contributed by atoms with Gasteiger partial charge >= 0.3 is 0 Å². The second-order valence-corrected chi connectivity index (χ2v) is 4.67. The maximum absolute atomic E-state index is 5.94. The van der Waals surface area contributed by atoms with Crippen LogP contribution >= 0.6 is 11.6 Å². The van der Waals surface area contributed by atoms with E-state index >= 15 is 0 Å². The number of hydrogen-bond donors (Lipinski definition) is 2. The monoisotopic (exact) mass is 301 g/mol. The van der Waals surface area contributed by atoms with Crippen LogP contribution in [0.1, 0.15) is 5.76 Å². The summed E-state index contributed by atoms with van der Waals surface area (Å²) in [5.41, 5.74) is 0.833. The lowest BCUT2D eigenvalue weighted by Crippen LogP contribution is -2.05. The fraction of sp³-hybridized carbons (Fsp3) is 0.0714. The molecule has 21 heavy (non-hydrogen) atoms. The van der Waals surface area contributed by atoms with Crippen molar-refractivity contribution in [3.05, 3.63) is 59.6 Å². The Labute approximate surface area is 126 Å². The Morgan fingerprint density at radius 2 is 2.14 bits per heavy atom. The molecule has 1 aromatic carbocycles. The zero-order valence-electron chi connectivity index (χ0n) is 11.0. The van der Waals surface area contributed by atoms with Crippen molar-refractivity contribution >= 4 is 29.1 Å². The van der Waals surface area contributed by atoms with Crippen molar-refractivity contribution in [3.63, 3.8) is 0 Å². The SMILES string of the molecule is Clc1cccc(Nc2cnnc(NCc3ccco3)n2)c1.